The van der Waals surface area contributed by atoms with Gasteiger partial charge >= 0.3 is 0 Å². The number of aliphatic imine (C=N–C) groups is 1. The van der Waals surface area contributed by atoms with Gasteiger partial charge in [-0.2, -0.15) is 0 Å². The topological polar surface area (TPSA) is 50.4 Å². The molecule has 4 heteroatoms. The molecule has 106 valence electrons. The van der Waals surface area contributed by atoms with E-state index in [0.29, 0.717) is 11.4 Å². The van der Waals surface area contributed by atoms with Crippen LogP contribution in [0.1, 0.15) is 58.3 Å². The third-order valence-electron chi connectivity index (χ3n) is 4.80. The van der Waals surface area contributed by atoms with Crippen LogP contribution >= 0.6 is 24.0 Å². The van der Waals surface area contributed by atoms with Crippen molar-refractivity contribution in [3.63, 3.8) is 0 Å². The van der Waals surface area contributed by atoms with Crippen LogP contribution in [-0.4, -0.2) is 19.0 Å². The predicted octanol–water partition coefficient (Wildman–Crippen LogP) is 3.28. The van der Waals surface area contributed by atoms with Crippen molar-refractivity contribution < 1.29 is 0 Å². The number of hydrogen-bond acceptors (Lipinski definition) is 1. The van der Waals surface area contributed by atoms with Gasteiger partial charge in [0.15, 0.2) is 5.96 Å². The van der Waals surface area contributed by atoms with Crippen LogP contribution in [0.15, 0.2) is 4.99 Å². The fourth-order valence-electron chi connectivity index (χ4n) is 3.00. The van der Waals surface area contributed by atoms with Gasteiger partial charge in [0.1, 0.15) is 0 Å². The van der Waals surface area contributed by atoms with Crippen LogP contribution in [0.3, 0.4) is 0 Å². The molecule has 2 saturated carbocycles. The number of guanidine groups is 1. The van der Waals surface area contributed by atoms with E-state index in [4.69, 9.17) is 5.73 Å². The molecular weight excluding hydrogens is 337 g/mol. The van der Waals surface area contributed by atoms with Gasteiger partial charge in [0.2, 0.25) is 0 Å². The predicted molar refractivity (Wildman–Crippen MR) is 88.4 cm³/mol. The van der Waals surface area contributed by atoms with Crippen molar-refractivity contribution in [1.29, 1.82) is 0 Å². The van der Waals surface area contributed by atoms with Crippen molar-refractivity contribution in [2.75, 3.05) is 13.1 Å². The summed E-state index contributed by atoms with van der Waals surface area (Å²) in [4.78, 5) is 4.56. The summed E-state index contributed by atoms with van der Waals surface area (Å²) >= 11 is 0. The SMILES string of the molecule is CCC1(CN=C(N)NCC2CCC2)CCCC1.I. The van der Waals surface area contributed by atoms with Crippen LogP contribution in [0.2, 0.25) is 0 Å². The second-order valence-corrected chi connectivity index (χ2v) is 5.94. The first-order chi connectivity index (χ1) is 8.24. The van der Waals surface area contributed by atoms with Crippen molar-refractivity contribution in [3.05, 3.63) is 0 Å². The first kappa shape index (κ1) is 16.1. The van der Waals surface area contributed by atoms with E-state index in [-0.39, 0.29) is 24.0 Å². The Balaban J connectivity index is 0.00000162. The van der Waals surface area contributed by atoms with E-state index in [1.165, 1.54) is 51.4 Å². The lowest BCUT2D eigenvalue weighted by Gasteiger charge is -2.27. The fraction of sp³-hybridized carbons (Fsp3) is 0.929. The van der Waals surface area contributed by atoms with Gasteiger partial charge in [-0.15, -0.1) is 24.0 Å². The molecule has 0 bridgehead atoms. The second kappa shape index (κ2) is 7.56. The van der Waals surface area contributed by atoms with E-state index in [2.05, 4.69) is 17.2 Å². The van der Waals surface area contributed by atoms with Crippen molar-refractivity contribution in [2.24, 2.45) is 22.1 Å². The normalized spacial score (nSPS) is 23.3. The first-order valence-corrected chi connectivity index (χ1v) is 7.28. The molecule has 0 aromatic rings. The Hall–Kier alpha value is 0. The molecule has 3 nitrogen and oxygen atoms in total. The summed E-state index contributed by atoms with van der Waals surface area (Å²) in [5.74, 6) is 1.51. The molecule has 0 saturated heterocycles. The van der Waals surface area contributed by atoms with Gasteiger partial charge in [-0.25, -0.2) is 0 Å². The van der Waals surface area contributed by atoms with E-state index < -0.39 is 0 Å². The van der Waals surface area contributed by atoms with Gasteiger partial charge < -0.3 is 11.1 Å². The molecule has 0 aromatic heterocycles. The number of nitrogens with zero attached hydrogens (tertiary/aromatic N) is 1. The molecule has 0 aliphatic heterocycles. The molecule has 0 aromatic carbocycles. The van der Waals surface area contributed by atoms with Crippen molar-refractivity contribution >= 4 is 29.9 Å². The Morgan fingerprint density at radius 1 is 1.28 bits per heavy atom. The molecule has 0 radical (unpaired) electrons. The number of rotatable bonds is 5. The Morgan fingerprint density at radius 3 is 2.44 bits per heavy atom. The van der Waals surface area contributed by atoms with Crippen LogP contribution in [0, 0.1) is 11.3 Å². The minimum absolute atomic E-state index is 0. The van der Waals surface area contributed by atoms with Crippen molar-refractivity contribution in [1.82, 2.24) is 5.32 Å². The van der Waals surface area contributed by atoms with Crippen LogP contribution in [0.4, 0.5) is 0 Å². The molecule has 0 unspecified atom stereocenters. The quantitative estimate of drug-likeness (QED) is 0.446. The number of halogens is 1. The summed E-state index contributed by atoms with van der Waals surface area (Å²) < 4.78 is 0. The van der Waals surface area contributed by atoms with E-state index in [1.54, 1.807) is 0 Å². The van der Waals surface area contributed by atoms with Crippen molar-refractivity contribution in [3.8, 4) is 0 Å². The highest BCUT2D eigenvalue weighted by molar-refractivity contribution is 14.0. The van der Waals surface area contributed by atoms with Crippen LogP contribution < -0.4 is 11.1 Å². The summed E-state index contributed by atoms with van der Waals surface area (Å²) in [6.45, 7) is 4.24. The summed E-state index contributed by atoms with van der Waals surface area (Å²) in [6, 6.07) is 0. The maximum Gasteiger partial charge on any atom is 0.188 e. The van der Waals surface area contributed by atoms with Gasteiger partial charge in [-0.05, 0) is 43.4 Å². The Kier molecular flexibility index (Phi) is 6.74. The van der Waals surface area contributed by atoms with Crippen LogP contribution in [-0.2, 0) is 0 Å². The van der Waals surface area contributed by atoms with Crippen LogP contribution in [0.5, 0.6) is 0 Å². The van der Waals surface area contributed by atoms with E-state index >= 15 is 0 Å². The zero-order chi connectivity index (χ0) is 12.1. The number of hydrogen-bond donors (Lipinski definition) is 2. The first-order valence-electron chi connectivity index (χ1n) is 7.28. The maximum absolute atomic E-state index is 5.93. The van der Waals surface area contributed by atoms with Gasteiger partial charge in [0, 0.05) is 13.1 Å². The third-order valence-corrected chi connectivity index (χ3v) is 4.80. The molecule has 2 aliphatic rings. The van der Waals surface area contributed by atoms with Gasteiger partial charge in [0.05, 0.1) is 0 Å². The molecule has 0 spiro atoms. The van der Waals surface area contributed by atoms with Gasteiger partial charge in [-0.3, -0.25) is 4.99 Å². The largest absolute Gasteiger partial charge is 0.370 e. The lowest BCUT2D eigenvalue weighted by Crippen LogP contribution is -2.38. The second-order valence-electron chi connectivity index (χ2n) is 5.94. The zero-order valence-corrected chi connectivity index (χ0v) is 13.9. The van der Waals surface area contributed by atoms with Gasteiger partial charge in [0.25, 0.3) is 0 Å². The Labute approximate surface area is 128 Å². The molecular formula is C14H28IN3. The van der Waals surface area contributed by atoms with Crippen molar-refractivity contribution in [2.45, 2.75) is 58.3 Å². The summed E-state index contributed by atoms with van der Waals surface area (Å²) in [5, 5.41) is 3.28. The molecule has 0 atom stereocenters. The van der Waals surface area contributed by atoms with E-state index in [0.717, 1.165) is 19.0 Å². The van der Waals surface area contributed by atoms with E-state index in [9.17, 15) is 0 Å². The number of nitrogens with one attached hydrogen (secondary N) is 1. The molecule has 0 heterocycles. The monoisotopic (exact) mass is 365 g/mol. The molecule has 2 aliphatic carbocycles. The minimum atomic E-state index is 0. The maximum atomic E-state index is 5.93. The minimum Gasteiger partial charge on any atom is -0.370 e. The van der Waals surface area contributed by atoms with E-state index in [1.807, 2.05) is 0 Å². The fourth-order valence-corrected chi connectivity index (χ4v) is 3.00. The molecule has 18 heavy (non-hydrogen) atoms. The highest BCUT2D eigenvalue weighted by Gasteiger charge is 2.31. The lowest BCUT2D eigenvalue weighted by molar-refractivity contribution is 0.296. The zero-order valence-electron chi connectivity index (χ0n) is 11.6. The Bertz CT molecular complexity index is 268. The molecule has 2 fully saturated rings. The summed E-state index contributed by atoms with van der Waals surface area (Å²) in [6.07, 6.45) is 10.8. The smallest absolute Gasteiger partial charge is 0.188 e. The highest BCUT2D eigenvalue weighted by Crippen LogP contribution is 2.41. The number of nitrogens with two attached hydrogens (primary N) is 1. The Morgan fingerprint density at radius 2 is 1.94 bits per heavy atom. The third kappa shape index (κ3) is 4.28. The summed E-state index contributed by atoms with van der Waals surface area (Å²) in [5.41, 5.74) is 6.39. The van der Waals surface area contributed by atoms with Gasteiger partial charge in [-0.1, -0.05) is 26.2 Å². The summed E-state index contributed by atoms with van der Waals surface area (Å²) in [7, 11) is 0. The average Bonchev–Trinajstić information content (AvgIpc) is 2.74. The van der Waals surface area contributed by atoms with Crippen LogP contribution in [0.25, 0.3) is 0 Å². The molecule has 0 amide bonds. The molecule has 3 N–H and O–H groups in total. The average molecular weight is 365 g/mol. The molecule has 2 rings (SSSR count). The highest BCUT2D eigenvalue weighted by atomic mass is 127. The lowest BCUT2D eigenvalue weighted by atomic mass is 9.83. The standard InChI is InChI=1S/C14H27N3.HI/c1-2-14(8-3-4-9-14)11-17-13(15)16-10-12-6-5-7-12;/h12H,2-11H2,1H3,(H3,15,16,17);1H.